The maximum atomic E-state index is 13.9. The van der Waals surface area contributed by atoms with E-state index in [9.17, 15) is 14.4 Å². The second kappa shape index (κ2) is 11.9. The first kappa shape index (κ1) is 26.4. The Labute approximate surface area is 209 Å². The highest BCUT2D eigenvalue weighted by Crippen LogP contribution is 2.50. The van der Waals surface area contributed by atoms with Crippen molar-refractivity contribution in [3.8, 4) is 11.5 Å². The summed E-state index contributed by atoms with van der Waals surface area (Å²) < 4.78 is 21.4. The van der Waals surface area contributed by atoms with Crippen LogP contribution in [0.3, 0.4) is 0 Å². The molecule has 2 aromatic rings. The molecule has 0 saturated heterocycles. The van der Waals surface area contributed by atoms with Gasteiger partial charge in [0.1, 0.15) is 11.5 Å². The summed E-state index contributed by atoms with van der Waals surface area (Å²) in [5.74, 6) is -0.311. The van der Waals surface area contributed by atoms with Gasteiger partial charge < -0.3 is 28.7 Å². The standard InChI is InChI=1S/C25H30N2O7S/c1-16(28)34-22-23(17-9-11-18(31-4)12-10-17)35-24-19(27(25(22)30)14-13-26(2)3)7-6-8-20(24)33-15-21(29)32-5/h6-12,22-23H,13-15H2,1-5H3. The van der Waals surface area contributed by atoms with Gasteiger partial charge in [-0.2, -0.15) is 0 Å². The van der Waals surface area contributed by atoms with E-state index in [1.54, 1.807) is 36.3 Å². The van der Waals surface area contributed by atoms with E-state index in [1.165, 1.54) is 25.8 Å². The smallest absolute Gasteiger partial charge is 0.343 e. The number of anilines is 1. The highest BCUT2D eigenvalue weighted by molar-refractivity contribution is 8.00. The minimum atomic E-state index is -1.08. The predicted molar refractivity (Wildman–Crippen MR) is 132 cm³/mol. The lowest BCUT2D eigenvalue weighted by molar-refractivity contribution is -0.152. The summed E-state index contributed by atoms with van der Waals surface area (Å²) in [6, 6.07) is 12.6. The monoisotopic (exact) mass is 502 g/mol. The van der Waals surface area contributed by atoms with Crippen molar-refractivity contribution in [2.45, 2.75) is 23.2 Å². The Bertz CT molecular complexity index is 1060. The van der Waals surface area contributed by atoms with E-state index in [0.717, 1.165) is 5.56 Å². The largest absolute Gasteiger partial charge is 0.497 e. The molecular weight excluding hydrogens is 472 g/mol. The van der Waals surface area contributed by atoms with Crippen LogP contribution in [0.5, 0.6) is 11.5 Å². The number of nitrogens with zero attached hydrogens (tertiary/aromatic N) is 2. The van der Waals surface area contributed by atoms with Crippen molar-refractivity contribution in [2.24, 2.45) is 0 Å². The zero-order chi connectivity index (χ0) is 25.5. The van der Waals surface area contributed by atoms with Gasteiger partial charge in [0.2, 0.25) is 0 Å². The fourth-order valence-electron chi connectivity index (χ4n) is 3.59. The summed E-state index contributed by atoms with van der Waals surface area (Å²) in [7, 11) is 6.69. The molecule has 1 aliphatic heterocycles. The number of carbonyl (C=O) groups is 3. The number of methoxy groups -OCH3 is 2. The van der Waals surface area contributed by atoms with Crippen LogP contribution in [0.1, 0.15) is 17.7 Å². The lowest BCUT2D eigenvalue weighted by Gasteiger charge is -2.28. The molecule has 1 amide bonds. The maximum Gasteiger partial charge on any atom is 0.343 e. The predicted octanol–water partition coefficient (Wildman–Crippen LogP) is 2.92. The fourth-order valence-corrected chi connectivity index (χ4v) is 4.98. The molecule has 0 saturated carbocycles. The van der Waals surface area contributed by atoms with Crippen molar-refractivity contribution in [3.05, 3.63) is 48.0 Å². The van der Waals surface area contributed by atoms with Crippen LogP contribution >= 0.6 is 11.8 Å². The number of ether oxygens (including phenoxy) is 4. The molecule has 3 rings (SSSR count). The second-order valence-electron chi connectivity index (χ2n) is 8.10. The Morgan fingerprint density at radius 3 is 2.40 bits per heavy atom. The number of hydrogen-bond donors (Lipinski definition) is 0. The number of thioether (sulfide) groups is 1. The average Bonchev–Trinajstić information content (AvgIpc) is 2.95. The normalized spacial score (nSPS) is 17.4. The van der Waals surface area contributed by atoms with Crippen molar-refractivity contribution in [2.75, 3.05) is 52.9 Å². The molecule has 188 valence electrons. The molecule has 9 nitrogen and oxygen atoms in total. The zero-order valence-corrected chi connectivity index (χ0v) is 21.3. The van der Waals surface area contributed by atoms with Gasteiger partial charge >= 0.3 is 11.9 Å². The number of amides is 1. The third-order valence-electron chi connectivity index (χ3n) is 5.36. The van der Waals surface area contributed by atoms with Crippen LogP contribution in [0.25, 0.3) is 0 Å². The van der Waals surface area contributed by atoms with Crippen LogP contribution in [0, 0.1) is 0 Å². The van der Waals surface area contributed by atoms with Crippen LogP contribution in [0.4, 0.5) is 5.69 Å². The van der Waals surface area contributed by atoms with E-state index >= 15 is 0 Å². The van der Waals surface area contributed by atoms with Crippen LogP contribution in [-0.2, 0) is 23.9 Å². The van der Waals surface area contributed by atoms with Gasteiger partial charge in [0.15, 0.2) is 12.7 Å². The molecule has 0 fully saturated rings. The molecule has 0 spiro atoms. The SMILES string of the molecule is COC(=O)COc1cccc2c1SC(c1ccc(OC)cc1)C(OC(C)=O)C(=O)N2CCN(C)C. The van der Waals surface area contributed by atoms with Crippen molar-refractivity contribution in [1.82, 2.24) is 4.90 Å². The van der Waals surface area contributed by atoms with Gasteiger partial charge in [-0.1, -0.05) is 18.2 Å². The lowest BCUT2D eigenvalue weighted by Crippen LogP contribution is -2.45. The van der Waals surface area contributed by atoms with Crippen molar-refractivity contribution >= 4 is 35.3 Å². The maximum absolute atomic E-state index is 13.9. The van der Waals surface area contributed by atoms with E-state index in [1.807, 2.05) is 37.2 Å². The van der Waals surface area contributed by atoms with Gasteiger partial charge in [0.05, 0.1) is 30.1 Å². The molecule has 0 aliphatic carbocycles. The van der Waals surface area contributed by atoms with E-state index < -0.39 is 23.3 Å². The number of rotatable bonds is 9. The summed E-state index contributed by atoms with van der Waals surface area (Å²) in [5, 5.41) is -0.566. The van der Waals surface area contributed by atoms with E-state index in [4.69, 9.17) is 18.9 Å². The van der Waals surface area contributed by atoms with Gasteiger partial charge in [-0.15, -0.1) is 11.8 Å². The molecule has 35 heavy (non-hydrogen) atoms. The van der Waals surface area contributed by atoms with Crippen molar-refractivity contribution < 1.29 is 33.3 Å². The first-order valence-corrected chi connectivity index (χ1v) is 11.9. The molecule has 10 heteroatoms. The molecule has 0 N–H and O–H groups in total. The number of esters is 2. The highest BCUT2D eigenvalue weighted by atomic mass is 32.2. The third kappa shape index (κ3) is 6.46. The minimum Gasteiger partial charge on any atom is -0.497 e. The summed E-state index contributed by atoms with van der Waals surface area (Å²) >= 11 is 1.35. The molecule has 0 bridgehead atoms. The second-order valence-corrected chi connectivity index (χ2v) is 9.26. The molecular formula is C25H30N2O7S. The lowest BCUT2D eigenvalue weighted by atomic mass is 10.1. The van der Waals surface area contributed by atoms with Crippen LogP contribution in [0.15, 0.2) is 47.4 Å². The number of carbonyl (C=O) groups excluding carboxylic acids is 3. The van der Waals surface area contributed by atoms with Crippen LogP contribution < -0.4 is 14.4 Å². The van der Waals surface area contributed by atoms with Crippen LogP contribution in [0.2, 0.25) is 0 Å². The van der Waals surface area contributed by atoms with Gasteiger partial charge in [0.25, 0.3) is 5.91 Å². The van der Waals surface area contributed by atoms with E-state index in [0.29, 0.717) is 35.2 Å². The molecule has 1 heterocycles. The van der Waals surface area contributed by atoms with E-state index in [-0.39, 0.29) is 12.5 Å². The number of likely N-dealkylation sites (N-methyl/N-ethyl adjacent to an activating group) is 1. The number of fused-ring (bicyclic) bond motifs is 1. The molecule has 1 aliphatic rings. The quantitative estimate of drug-likeness (QED) is 0.480. The minimum absolute atomic E-state index is 0.278. The van der Waals surface area contributed by atoms with Gasteiger partial charge in [-0.3, -0.25) is 9.59 Å². The topological polar surface area (TPSA) is 94.6 Å². The van der Waals surface area contributed by atoms with Crippen LogP contribution in [-0.4, -0.2) is 76.9 Å². The third-order valence-corrected chi connectivity index (χ3v) is 6.78. The zero-order valence-electron chi connectivity index (χ0n) is 20.5. The first-order valence-electron chi connectivity index (χ1n) is 11.0. The Morgan fingerprint density at radius 1 is 1.09 bits per heavy atom. The summed E-state index contributed by atoms with van der Waals surface area (Å²) in [5.41, 5.74) is 1.40. The summed E-state index contributed by atoms with van der Waals surface area (Å²) in [6.07, 6.45) is -1.08. The highest BCUT2D eigenvalue weighted by Gasteiger charge is 2.41. The average molecular weight is 503 g/mol. The Hall–Kier alpha value is -3.24. The summed E-state index contributed by atoms with van der Waals surface area (Å²) in [4.78, 5) is 41.9. The molecule has 0 radical (unpaired) electrons. The summed E-state index contributed by atoms with van der Waals surface area (Å²) in [6.45, 7) is 1.96. The van der Waals surface area contributed by atoms with Gasteiger partial charge in [-0.25, -0.2) is 4.79 Å². The Balaban J connectivity index is 2.13. The van der Waals surface area contributed by atoms with Crippen molar-refractivity contribution in [3.63, 3.8) is 0 Å². The fraction of sp³-hybridized carbons (Fsp3) is 0.400. The molecule has 2 aromatic carbocycles. The first-order chi connectivity index (χ1) is 16.7. The van der Waals surface area contributed by atoms with Gasteiger partial charge in [-0.05, 0) is 43.9 Å². The van der Waals surface area contributed by atoms with Crippen molar-refractivity contribution in [1.29, 1.82) is 0 Å². The molecule has 2 unspecified atom stereocenters. The Morgan fingerprint density at radius 2 is 1.80 bits per heavy atom. The van der Waals surface area contributed by atoms with Gasteiger partial charge in [0, 0.05) is 20.0 Å². The molecule has 0 aromatic heterocycles. The number of hydrogen-bond acceptors (Lipinski definition) is 9. The Kier molecular flexibility index (Phi) is 9.00. The van der Waals surface area contributed by atoms with E-state index in [2.05, 4.69) is 0 Å². The number of benzene rings is 2. The molecule has 2 atom stereocenters.